The third-order valence-electron chi connectivity index (χ3n) is 2.61. The van der Waals surface area contributed by atoms with Crippen molar-refractivity contribution in [1.82, 2.24) is 0 Å². The van der Waals surface area contributed by atoms with Gasteiger partial charge in [-0.15, -0.1) is 0 Å². The third kappa shape index (κ3) is 3.91. The average Bonchev–Trinajstić information content (AvgIpc) is 2.41. The van der Waals surface area contributed by atoms with Crippen LogP contribution in [0.3, 0.4) is 0 Å². The lowest BCUT2D eigenvalue weighted by Gasteiger charge is -2.12. The first-order valence-electron chi connectivity index (χ1n) is 5.65. The molecule has 0 unspecified atom stereocenters. The molecule has 0 saturated heterocycles. The summed E-state index contributed by atoms with van der Waals surface area (Å²) in [5.74, 6) is 0.426. The number of rotatable bonds is 4. The molecule has 21 heavy (non-hydrogen) atoms. The quantitative estimate of drug-likeness (QED) is 0.729. The van der Waals surface area contributed by atoms with E-state index in [2.05, 4.69) is 36.6 Å². The Morgan fingerprint density at radius 2 is 1.86 bits per heavy atom. The van der Waals surface area contributed by atoms with E-state index in [0.29, 0.717) is 20.9 Å². The van der Waals surface area contributed by atoms with Crippen molar-refractivity contribution in [3.05, 3.63) is 50.4 Å². The molecule has 4 nitrogen and oxygen atoms in total. The van der Waals surface area contributed by atoms with Gasteiger partial charge in [-0.3, -0.25) is 4.72 Å². The van der Waals surface area contributed by atoms with Gasteiger partial charge in [0.15, 0.2) is 0 Å². The molecule has 0 atom stereocenters. The lowest BCUT2D eigenvalue weighted by molar-refractivity contribution is 0.417. The highest BCUT2D eigenvalue weighted by Crippen LogP contribution is 2.31. The maximum Gasteiger partial charge on any atom is 0.262 e. The SMILES string of the molecule is COc1ccc(Br)cc1NS(=O)(=O)c1ccc(Cl)c(Br)c1. The summed E-state index contributed by atoms with van der Waals surface area (Å²) in [7, 11) is -2.27. The molecule has 0 fully saturated rings. The number of nitrogens with one attached hydrogen (secondary N) is 1. The number of sulfonamides is 1. The number of hydrogen-bond donors (Lipinski definition) is 1. The van der Waals surface area contributed by atoms with Crippen molar-refractivity contribution in [1.29, 1.82) is 0 Å². The molecule has 8 heteroatoms. The van der Waals surface area contributed by atoms with Crippen molar-refractivity contribution in [2.24, 2.45) is 0 Å². The van der Waals surface area contributed by atoms with Gasteiger partial charge in [0.2, 0.25) is 0 Å². The molecular weight excluding hydrogens is 445 g/mol. The third-order valence-corrected chi connectivity index (χ3v) is 5.68. The Bertz CT molecular complexity index is 781. The molecule has 0 aliphatic carbocycles. The minimum Gasteiger partial charge on any atom is -0.495 e. The molecule has 0 saturated carbocycles. The number of halogens is 3. The van der Waals surface area contributed by atoms with Gasteiger partial charge >= 0.3 is 0 Å². The van der Waals surface area contributed by atoms with Gasteiger partial charge in [0.1, 0.15) is 5.75 Å². The zero-order valence-electron chi connectivity index (χ0n) is 10.7. The highest BCUT2D eigenvalue weighted by atomic mass is 79.9. The number of methoxy groups -OCH3 is 1. The predicted molar refractivity (Wildman–Crippen MR) is 90.7 cm³/mol. The van der Waals surface area contributed by atoms with Crippen LogP contribution < -0.4 is 9.46 Å². The molecule has 2 aromatic rings. The smallest absolute Gasteiger partial charge is 0.262 e. The Labute approximate surface area is 144 Å². The lowest BCUT2D eigenvalue weighted by atomic mass is 10.3. The molecule has 2 aromatic carbocycles. The number of benzene rings is 2. The van der Waals surface area contributed by atoms with Gasteiger partial charge in [-0.05, 0) is 52.3 Å². The van der Waals surface area contributed by atoms with E-state index in [1.165, 1.54) is 25.3 Å². The van der Waals surface area contributed by atoms with Gasteiger partial charge in [0.05, 0.1) is 22.7 Å². The second kappa shape index (κ2) is 6.56. The number of anilines is 1. The van der Waals surface area contributed by atoms with E-state index in [1.807, 2.05) is 0 Å². The molecule has 0 bridgehead atoms. The summed E-state index contributed by atoms with van der Waals surface area (Å²) in [5, 5.41) is 0.439. The van der Waals surface area contributed by atoms with Crippen LogP contribution in [-0.2, 0) is 10.0 Å². The van der Waals surface area contributed by atoms with E-state index in [0.717, 1.165) is 4.47 Å². The van der Waals surface area contributed by atoms with Gasteiger partial charge in [-0.2, -0.15) is 0 Å². The number of ether oxygens (including phenoxy) is 1. The van der Waals surface area contributed by atoms with Gasteiger partial charge in [-0.1, -0.05) is 27.5 Å². The van der Waals surface area contributed by atoms with Crippen LogP contribution in [0.25, 0.3) is 0 Å². The topological polar surface area (TPSA) is 55.4 Å². The summed E-state index contributed by atoms with van der Waals surface area (Å²) in [6.07, 6.45) is 0. The molecule has 0 aromatic heterocycles. The van der Waals surface area contributed by atoms with E-state index in [1.54, 1.807) is 18.2 Å². The van der Waals surface area contributed by atoms with E-state index < -0.39 is 10.0 Å². The summed E-state index contributed by atoms with van der Waals surface area (Å²) < 4.78 is 33.7. The van der Waals surface area contributed by atoms with Crippen molar-refractivity contribution in [3.8, 4) is 5.75 Å². The maximum atomic E-state index is 12.4. The van der Waals surface area contributed by atoms with Crippen LogP contribution in [0.5, 0.6) is 5.75 Å². The van der Waals surface area contributed by atoms with Crippen molar-refractivity contribution in [3.63, 3.8) is 0 Å². The predicted octanol–water partition coefficient (Wildman–Crippen LogP) is 4.67. The van der Waals surface area contributed by atoms with Gasteiger partial charge < -0.3 is 4.74 Å². The van der Waals surface area contributed by atoms with Gasteiger partial charge in [0, 0.05) is 8.95 Å². The summed E-state index contributed by atoms with van der Waals surface area (Å²) in [4.78, 5) is 0.0980. The van der Waals surface area contributed by atoms with Crippen molar-refractivity contribution >= 4 is 59.2 Å². The van der Waals surface area contributed by atoms with E-state index in [-0.39, 0.29) is 4.90 Å². The van der Waals surface area contributed by atoms with E-state index in [4.69, 9.17) is 16.3 Å². The van der Waals surface area contributed by atoms with Crippen LogP contribution in [0, 0.1) is 0 Å². The number of hydrogen-bond acceptors (Lipinski definition) is 3. The fraction of sp³-hybridized carbons (Fsp3) is 0.0769. The molecule has 0 aliphatic rings. The van der Waals surface area contributed by atoms with Crippen LogP contribution in [0.15, 0.2) is 50.2 Å². The fourth-order valence-corrected chi connectivity index (χ4v) is 3.70. The second-order valence-electron chi connectivity index (χ2n) is 4.03. The Morgan fingerprint density at radius 3 is 2.48 bits per heavy atom. The minimum absolute atomic E-state index is 0.0980. The first-order chi connectivity index (χ1) is 9.83. The first-order valence-corrected chi connectivity index (χ1v) is 9.09. The average molecular weight is 456 g/mol. The summed E-state index contributed by atoms with van der Waals surface area (Å²) in [5.41, 5.74) is 0.345. The van der Waals surface area contributed by atoms with Gasteiger partial charge in [0.25, 0.3) is 10.0 Å². The molecule has 0 radical (unpaired) electrons. The first kappa shape index (κ1) is 16.6. The normalized spacial score (nSPS) is 11.2. The van der Waals surface area contributed by atoms with Crippen molar-refractivity contribution in [2.75, 3.05) is 11.8 Å². The molecule has 0 amide bonds. The molecule has 0 aliphatic heterocycles. The molecule has 0 heterocycles. The standard InChI is InChI=1S/C13H10Br2ClNO3S/c1-20-13-5-2-8(14)6-12(13)17-21(18,19)9-3-4-11(16)10(15)7-9/h2-7,17H,1H3. The van der Waals surface area contributed by atoms with Crippen LogP contribution in [0.2, 0.25) is 5.02 Å². The second-order valence-corrected chi connectivity index (χ2v) is 7.89. The fourth-order valence-electron chi connectivity index (χ4n) is 1.61. The lowest BCUT2D eigenvalue weighted by Crippen LogP contribution is -2.13. The highest BCUT2D eigenvalue weighted by molar-refractivity contribution is 9.10. The minimum atomic E-state index is -3.74. The molecule has 1 N–H and O–H groups in total. The Balaban J connectivity index is 2.41. The van der Waals surface area contributed by atoms with Crippen molar-refractivity contribution < 1.29 is 13.2 Å². The Morgan fingerprint density at radius 1 is 1.14 bits per heavy atom. The Kier molecular flexibility index (Phi) is 5.19. The summed E-state index contributed by atoms with van der Waals surface area (Å²) in [6.45, 7) is 0. The van der Waals surface area contributed by atoms with Gasteiger partial charge in [-0.25, -0.2) is 8.42 Å². The van der Waals surface area contributed by atoms with Crippen LogP contribution in [0.1, 0.15) is 0 Å². The van der Waals surface area contributed by atoms with Crippen LogP contribution >= 0.6 is 43.5 Å². The molecule has 112 valence electrons. The molecular formula is C13H10Br2ClNO3S. The van der Waals surface area contributed by atoms with Crippen LogP contribution in [-0.4, -0.2) is 15.5 Å². The zero-order chi connectivity index (χ0) is 15.6. The summed E-state index contributed by atoms with van der Waals surface area (Å²) in [6, 6.07) is 9.43. The maximum absolute atomic E-state index is 12.4. The van der Waals surface area contributed by atoms with E-state index in [9.17, 15) is 8.42 Å². The van der Waals surface area contributed by atoms with Crippen molar-refractivity contribution in [2.45, 2.75) is 4.90 Å². The van der Waals surface area contributed by atoms with E-state index >= 15 is 0 Å². The zero-order valence-corrected chi connectivity index (χ0v) is 15.5. The molecule has 2 rings (SSSR count). The summed E-state index contributed by atoms with van der Waals surface area (Å²) >= 11 is 12.4. The highest BCUT2D eigenvalue weighted by Gasteiger charge is 2.17. The van der Waals surface area contributed by atoms with Crippen LogP contribution in [0.4, 0.5) is 5.69 Å². The largest absolute Gasteiger partial charge is 0.495 e. The monoisotopic (exact) mass is 453 g/mol. The Hall–Kier alpha value is -0.760. The molecule has 0 spiro atoms.